The van der Waals surface area contributed by atoms with Crippen LogP contribution >= 0.6 is 11.3 Å². The molecule has 3 nitrogen and oxygen atoms in total. The number of fused-ring (bicyclic) bond motifs is 12. The minimum atomic E-state index is -0.0736. The van der Waals surface area contributed by atoms with Gasteiger partial charge in [-0.3, -0.25) is 0 Å². The predicted octanol–water partition coefficient (Wildman–Crippen LogP) is 14.4. The van der Waals surface area contributed by atoms with Crippen molar-refractivity contribution in [1.29, 1.82) is 0 Å². The van der Waals surface area contributed by atoms with Crippen LogP contribution in [0.4, 0.5) is 0 Å². The lowest BCUT2D eigenvalue weighted by molar-refractivity contribution is 0.656. The fourth-order valence-corrected chi connectivity index (χ4v) is 10.5. The van der Waals surface area contributed by atoms with E-state index in [1.807, 2.05) is 0 Å². The lowest BCUT2D eigenvalue weighted by atomic mass is 9.82. The average Bonchev–Trinajstić information content (AvgIpc) is 3.87. The van der Waals surface area contributed by atoms with Crippen molar-refractivity contribution in [2.24, 2.45) is 0 Å². The molecule has 0 spiro atoms. The van der Waals surface area contributed by atoms with Crippen LogP contribution in [-0.2, 0) is 5.41 Å². The first-order valence-electron chi connectivity index (χ1n) is 18.8. The molecule has 3 heterocycles. The highest BCUT2D eigenvalue weighted by Gasteiger charge is 2.37. The molecule has 0 fully saturated rings. The Labute approximate surface area is 321 Å². The van der Waals surface area contributed by atoms with E-state index in [4.69, 9.17) is 14.4 Å². The molecule has 1 aliphatic carbocycles. The molecule has 0 unspecified atom stereocenters. The molecule has 0 N–H and O–H groups in total. The Kier molecular flexibility index (Phi) is 6.27. The van der Waals surface area contributed by atoms with E-state index in [2.05, 4.69) is 172 Å². The van der Waals surface area contributed by atoms with Crippen LogP contribution in [0.2, 0.25) is 0 Å². The van der Waals surface area contributed by atoms with Crippen molar-refractivity contribution in [3.05, 3.63) is 169 Å². The summed E-state index contributed by atoms with van der Waals surface area (Å²) in [5, 5.41) is 8.05. The van der Waals surface area contributed by atoms with E-state index in [0.29, 0.717) is 0 Å². The van der Waals surface area contributed by atoms with Crippen LogP contribution in [0.3, 0.4) is 0 Å². The maximum Gasteiger partial charge on any atom is 0.161 e. The maximum atomic E-state index is 6.74. The third-order valence-corrected chi connectivity index (χ3v) is 13.1. The fourth-order valence-electron chi connectivity index (χ4n) is 9.39. The van der Waals surface area contributed by atoms with Gasteiger partial charge in [0.25, 0.3) is 0 Å². The predicted molar refractivity (Wildman–Crippen MR) is 231 cm³/mol. The lowest BCUT2D eigenvalue weighted by Crippen LogP contribution is -2.14. The maximum absolute atomic E-state index is 6.74. The van der Waals surface area contributed by atoms with Crippen LogP contribution in [0.1, 0.15) is 25.0 Å². The van der Waals surface area contributed by atoms with Crippen molar-refractivity contribution in [1.82, 2.24) is 9.97 Å². The lowest BCUT2D eigenvalue weighted by Gasteiger charge is -2.21. The van der Waals surface area contributed by atoms with Crippen LogP contribution in [0, 0.1) is 0 Å². The average molecular weight is 721 g/mol. The Balaban J connectivity index is 1.13. The van der Waals surface area contributed by atoms with Gasteiger partial charge in [-0.1, -0.05) is 147 Å². The number of thiophene rings is 1. The Morgan fingerprint density at radius 3 is 1.91 bits per heavy atom. The van der Waals surface area contributed by atoms with E-state index < -0.39 is 0 Å². The second-order valence-corrected chi connectivity index (χ2v) is 16.3. The van der Waals surface area contributed by atoms with Gasteiger partial charge in [-0.2, -0.15) is 0 Å². The summed E-state index contributed by atoms with van der Waals surface area (Å²) in [5.41, 5.74) is 13.5. The zero-order chi connectivity index (χ0) is 36.4. The summed E-state index contributed by atoms with van der Waals surface area (Å²) in [6.45, 7) is 4.66. The molecule has 11 aromatic rings. The van der Waals surface area contributed by atoms with Crippen LogP contribution in [0.15, 0.2) is 162 Å². The van der Waals surface area contributed by atoms with Gasteiger partial charge in [0.1, 0.15) is 11.2 Å². The van der Waals surface area contributed by atoms with E-state index in [9.17, 15) is 0 Å². The largest absolute Gasteiger partial charge is 0.456 e. The number of hydrogen-bond donors (Lipinski definition) is 0. The molecule has 55 heavy (non-hydrogen) atoms. The third kappa shape index (κ3) is 4.26. The topological polar surface area (TPSA) is 38.9 Å². The zero-order valence-corrected chi connectivity index (χ0v) is 31.0. The number of hydrogen-bond acceptors (Lipinski definition) is 4. The first-order valence-corrected chi connectivity index (χ1v) is 19.6. The van der Waals surface area contributed by atoms with Gasteiger partial charge in [-0.25, -0.2) is 9.97 Å². The second kappa shape index (κ2) is 11.2. The summed E-state index contributed by atoms with van der Waals surface area (Å²) in [6, 6.07) is 56.6. The molecule has 8 aromatic carbocycles. The summed E-state index contributed by atoms with van der Waals surface area (Å²) in [4.78, 5) is 10.9. The molecule has 1 aliphatic rings. The van der Waals surface area contributed by atoms with Gasteiger partial charge in [0.2, 0.25) is 0 Å². The van der Waals surface area contributed by atoms with Crippen molar-refractivity contribution in [2.75, 3.05) is 0 Å². The molecule has 0 bridgehead atoms. The number of aromatic nitrogens is 2. The van der Waals surface area contributed by atoms with Crippen molar-refractivity contribution < 1.29 is 4.42 Å². The Morgan fingerprint density at radius 1 is 0.491 bits per heavy atom. The third-order valence-electron chi connectivity index (χ3n) is 11.9. The molecule has 3 aromatic heterocycles. The normalized spacial score (nSPS) is 13.4. The fraction of sp³-hybridized carbons (Fsp3) is 0.0588. The van der Waals surface area contributed by atoms with Crippen molar-refractivity contribution in [3.8, 4) is 44.9 Å². The van der Waals surface area contributed by atoms with E-state index in [0.717, 1.165) is 81.9 Å². The molecule has 0 saturated heterocycles. The number of furan rings is 1. The summed E-state index contributed by atoms with van der Waals surface area (Å²) in [5.74, 6) is 0.735. The van der Waals surface area contributed by atoms with Gasteiger partial charge in [0.05, 0.1) is 15.9 Å². The second-order valence-electron chi connectivity index (χ2n) is 15.2. The highest BCUT2D eigenvalue weighted by molar-refractivity contribution is 7.26. The highest BCUT2D eigenvalue weighted by atomic mass is 32.1. The minimum absolute atomic E-state index is 0.0736. The van der Waals surface area contributed by atoms with Gasteiger partial charge >= 0.3 is 0 Å². The number of nitrogens with zero attached hydrogens (tertiary/aromatic N) is 2. The van der Waals surface area contributed by atoms with E-state index in [-0.39, 0.29) is 5.41 Å². The quantitative estimate of drug-likeness (QED) is 0.171. The summed E-state index contributed by atoms with van der Waals surface area (Å²) in [7, 11) is 0. The van der Waals surface area contributed by atoms with Gasteiger partial charge in [-0.15, -0.1) is 11.3 Å². The van der Waals surface area contributed by atoms with Crippen molar-refractivity contribution >= 4 is 75.1 Å². The molecule has 258 valence electrons. The Bertz CT molecular complexity index is 3350. The van der Waals surface area contributed by atoms with E-state index in [1.54, 1.807) is 11.3 Å². The minimum Gasteiger partial charge on any atom is -0.456 e. The van der Waals surface area contributed by atoms with Crippen LogP contribution in [-0.4, -0.2) is 9.97 Å². The van der Waals surface area contributed by atoms with Crippen LogP contribution < -0.4 is 0 Å². The molecule has 12 rings (SSSR count). The van der Waals surface area contributed by atoms with Crippen LogP contribution in [0.25, 0.3) is 109 Å². The first-order chi connectivity index (χ1) is 27.0. The molecule has 4 heteroatoms. The summed E-state index contributed by atoms with van der Waals surface area (Å²) < 4.78 is 9.07. The van der Waals surface area contributed by atoms with Gasteiger partial charge in [0.15, 0.2) is 5.82 Å². The smallest absolute Gasteiger partial charge is 0.161 e. The number of rotatable bonds is 3. The van der Waals surface area contributed by atoms with E-state index in [1.165, 1.54) is 37.9 Å². The first kappa shape index (κ1) is 30.8. The van der Waals surface area contributed by atoms with Gasteiger partial charge in [-0.05, 0) is 79.2 Å². The molecule has 0 atom stereocenters. The SMILES string of the molecule is CC1(C)c2ccccc2-c2c1ccc1oc3cc(-c4c5ccccc5c(-c5nc(-c6ccccc6)c6sc7ccccc7c6n5)c5ccccc45)ccc3c21. The Morgan fingerprint density at radius 2 is 1.15 bits per heavy atom. The summed E-state index contributed by atoms with van der Waals surface area (Å²) >= 11 is 1.77. The van der Waals surface area contributed by atoms with E-state index >= 15 is 0 Å². The van der Waals surface area contributed by atoms with Crippen LogP contribution in [0.5, 0.6) is 0 Å². The summed E-state index contributed by atoms with van der Waals surface area (Å²) in [6.07, 6.45) is 0. The monoisotopic (exact) mass is 720 g/mol. The molecular weight excluding hydrogens is 689 g/mol. The van der Waals surface area contributed by atoms with Gasteiger partial charge in [0, 0.05) is 37.4 Å². The molecule has 0 aliphatic heterocycles. The zero-order valence-electron chi connectivity index (χ0n) is 30.2. The highest BCUT2D eigenvalue weighted by Crippen LogP contribution is 2.53. The Hall–Kier alpha value is -6.62. The molecule has 0 radical (unpaired) electrons. The van der Waals surface area contributed by atoms with Gasteiger partial charge < -0.3 is 4.42 Å². The standard InChI is InChI=1S/C51H32N2OS/c1-51(2)38-22-12-10-20-35(38)45-39(51)26-27-40-46(45)36-25-24-30(28-41(36)54-40)43-31-16-6-8-18-33(31)44(34-19-9-7-17-32(34)43)50-52-47(29-14-4-3-5-15-29)49-48(53-50)37-21-11-13-23-42(37)55-49/h3-28H,1-2H3. The number of benzene rings is 8. The van der Waals surface area contributed by atoms with Crippen molar-refractivity contribution in [3.63, 3.8) is 0 Å². The van der Waals surface area contributed by atoms with Crippen molar-refractivity contribution in [2.45, 2.75) is 19.3 Å². The molecule has 0 saturated carbocycles. The molecule has 0 amide bonds. The molecular formula is C51H32N2OS.